The molecule has 0 spiro atoms. The van der Waals surface area contributed by atoms with Crippen LogP contribution in [-0.4, -0.2) is 35.5 Å². The predicted molar refractivity (Wildman–Crippen MR) is 63.1 cm³/mol. The molecule has 0 aromatic heterocycles. The smallest absolute Gasteiger partial charge is 0.323 e. The van der Waals surface area contributed by atoms with E-state index in [1.54, 1.807) is 0 Å². The van der Waals surface area contributed by atoms with E-state index in [4.69, 9.17) is 5.11 Å². The summed E-state index contributed by atoms with van der Waals surface area (Å²) in [5, 5.41) is 8.58. The molecule has 1 N–H and O–H groups in total. The predicted octanol–water partition coefficient (Wildman–Crippen LogP) is 1.99. The highest BCUT2D eigenvalue weighted by atomic mass is 16.4. The number of carbonyl (C=O) groups is 2. The van der Waals surface area contributed by atoms with Crippen molar-refractivity contribution in [2.24, 2.45) is 11.3 Å². The van der Waals surface area contributed by atoms with Crippen molar-refractivity contribution in [3.05, 3.63) is 0 Å². The minimum atomic E-state index is -0.975. The fourth-order valence-electron chi connectivity index (χ4n) is 2.01. The highest BCUT2D eigenvalue weighted by Gasteiger charge is 2.25. The summed E-state index contributed by atoms with van der Waals surface area (Å²) in [4.78, 5) is 23.5. The molecule has 0 unspecified atom stereocenters. The molecule has 94 valence electrons. The van der Waals surface area contributed by atoms with Gasteiger partial charge in [-0.15, -0.1) is 0 Å². The second-order valence-electron chi connectivity index (χ2n) is 5.58. The van der Waals surface area contributed by atoms with Crippen molar-refractivity contribution in [1.29, 1.82) is 0 Å². The van der Waals surface area contributed by atoms with Crippen molar-refractivity contribution in [2.75, 3.05) is 13.6 Å². The second-order valence-corrected chi connectivity index (χ2v) is 5.58. The van der Waals surface area contributed by atoms with Crippen molar-refractivity contribution in [2.45, 2.75) is 40.5 Å². The Morgan fingerprint density at radius 1 is 1.31 bits per heavy atom. The topological polar surface area (TPSA) is 57.6 Å². The molecule has 4 heteroatoms. The Morgan fingerprint density at radius 2 is 1.81 bits per heavy atom. The van der Waals surface area contributed by atoms with Crippen molar-refractivity contribution in [3.63, 3.8) is 0 Å². The van der Waals surface area contributed by atoms with E-state index in [2.05, 4.69) is 13.8 Å². The van der Waals surface area contributed by atoms with Crippen LogP contribution in [0.25, 0.3) is 0 Å². The van der Waals surface area contributed by atoms with E-state index in [1.807, 2.05) is 13.8 Å². The van der Waals surface area contributed by atoms with E-state index in [-0.39, 0.29) is 17.9 Å². The van der Waals surface area contributed by atoms with Gasteiger partial charge in [-0.25, -0.2) is 0 Å². The monoisotopic (exact) mass is 229 g/mol. The number of hydrogen-bond acceptors (Lipinski definition) is 2. The van der Waals surface area contributed by atoms with Crippen molar-refractivity contribution < 1.29 is 14.7 Å². The van der Waals surface area contributed by atoms with E-state index in [1.165, 1.54) is 11.9 Å². The normalized spacial score (nSPS) is 11.6. The van der Waals surface area contributed by atoms with Gasteiger partial charge in [0.1, 0.15) is 6.54 Å². The molecule has 0 aliphatic heterocycles. The third-order valence-electron chi connectivity index (χ3n) is 2.39. The fourth-order valence-corrected chi connectivity index (χ4v) is 2.01. The molecule has 0 saturated carbocycles. The maximum atomic E-state index is 11.7. The number of carbonyl (C=O) groups excluding carboxylic acids is 1. The van der Waals surface area contributed by atoms with E-state index in [0.29, 0.717) is 12.3 Å². The largest absolute Gasteiger partial charge is 0.480 e. The van der Waals surface area contributed by atoms with Gasteiger partial charge in [-0.3, -0.25) is 9.59 Å². The Hall–Kier alpha value is -1.06. The van der Waals surface area contributed by atoms with E-state index < -0.39 is 5.97 Å². The summed E-state index contributed by atoms with van der Waals surface area (Å²) in [6.07, 6.45) is 1.36. The Kier molecular flexibility index (Phi) is 5.48. The van der Waals surface area contributed by atoms with E-state index in [9.17, 15) is 9.59 Å². The molecular weight excluding hydrogens is 206 g/mol. The Labute approximate surface area is 97.6 Å². The lowest BCUT2D eigenvalue weighted by Gasteiger charge is -2.28. The van der Waals surface area contributed by atoms with Crippen LogP contribution in [0.4, 0.5) is 0 Å². The van der Waals surface area contributed by atoms with Gasteiger partial charge in [-0.2, -0.15) is 0 Å². The van der Waals surface area contributed by atoms with Crippen LogP contribution in [0.2, 0.25) is 0 Å². The first kappa shape index (κ1) is 14.9. The van der Waals surface area contributed by atoms with Gasteiger partial charge in [-0.1, -0.05) is 27.7 Å². The van der Waals surface area contributed by atoms with Gasteiger partial charge < -0.3 is 10.0 Å². The SMILES string of the molecule is CC(C)CC(C)(C)CC(=O)N(C)CC(=O)O. The summed E-state index contributed by atoms with van der Waals surface area (Å²) in [7, 11) is 1.53. The van der Waals surface area contributed by atoms with Crippen LogP contribution in [-0.2, 0) is 9.59 Å². The minimum Gasteiger partial charge on any atom is -0.480 e. The fraction of sp³-hybridized carbons (Fsp3) is 0.833. The van der Waals surface area contributed by atoms with Crippen LogP contribution in [0.1, 0.15) is 40.5 Å². The van der Waals surface area contributed by atoms with Crippen molar-refractivity contribution >= 4 is 11.9 Å². The van der Waals surface area contributed by atoms with Crippen LogP contribution < -0.4 is 0 Å². The standard InChI is InChI=1S/C12H23NO3/c1-9(2)6-12(3,4)7-10(14)13(5)8-11(15)16/h9H,6-8H2,1-5H3,(H,15,16). The van der Waals surface area contributed by atoms with Gasteiger partial charge >= 0.3 is 5.97 Å². The Bertz CT molecular complexity index is 259. The minimum absolute atomic E-state index is 0.0714. The lowest BCUT2D eigenvalue weighted by Crippen LogP contribution is -2.35. The summed E-state index contributed by atoms with van der Waals surface area (Å²) in [5.74, 6) is -0.543. The lowest BCUT2D eigenvalue weighted by molar-refractivity contribution is -0.144. The molecule has 16 heavy (non-hydrogen) atoms. The number of nitrogens with zero attached hydrogens (tertiary/aromatic N) is 1. The molecule has 0 radical (unpaired) electrons. The first-order valence-corrected chi connectivity index (χ1v) is 5.60. The number of rotatable bonds is 6. The molecule has 0 aromatic rings. The van der Waals surface area contributed by atoms with Gasteiger partial charge in [-0.05, 0) is 17.8 Å². The quantitative estimate of drug-likeness (QED) is 0.757. The number of amides is 1. The molecule has 1 amide bonds. The first-order chi connectivity index (χ1) is 7.14. The highest BCUT2D eigenvalue weighted by molar-refractivity contribution is 5.81. The summed E-state index contributed by atoms with van der Waals surface area (Å²) in [6.45, 7) is 8.09. The molecular formula is C12H23NO3. The molecule has 0 rings (SSSR count). The molecule has 0 aromatic carbocycles. The van der Waals surface area contributed by atoms with Crippen molar-refractivity contribution in [3.8, 4) is 0 Å². The van der Waals surface area contributed by atoms with Crippen LogP contribution in [0.15, 0.2) is 0 Å². The zero-order valence-corrected chi connectivity index (χ0v) is 10.9. The van der Waals surface area contributed by atoms with E-state index >= 15 is 0 Å². The Morgan fingerprint density at radius 3 is 2.19 bits per heavy atom. The first-order valence-electron chi connectivity index (χ1n) is 5.60. The average Bonchev–Trinajstić information content (AvgIpc) is 1.98. The second kappa shape index (κ2) is 5.87. The molecule has 0 aliphatic carbocycles. The third kappa shape index (κ3) is 6.43. The molecule has 0 atom stereocenters. The number of aliphatic carboxylic acids is 1. The lowest BCUT2D eigenvalue weighted by atomic mass is 9.81. The van der Waals surface area contributed by atoms with Crippen LogP contribution >= 0.6 is 0 Å². The number of likely N-dealkylation sites (N-methyl/N-ethyl adjacent to an activating group) is 1. The summed E-state index contributed by atoms with van der Waals surface area (Å²) in [5.41, 5.74) is -0.0714. The maximum absolute atomic E-state index is 11.7. The van der Waals surface area contributed by atoms with Crippen LogP contribution in [0.5, 0.6) is 0 Å². The molecule has 0 saturated heterocycles. The van der Waals surface area contributed by atoms with Gasteiger partial charge in [0.15, 0.2) is 0 Å². The number of hydrogen-bond donors (Lipinski definition) is 1. The number of carboxylic acid groups (broad SMARTS) is 1. The van der Waals surface area contributed by atoms with Gasteiger partial charge in [0.05, 0.1) is 0 Å². The summed E-state index contributed by atoms with van der Waals surface area (Å²) in [6, 6.07) is 0. The zero-order chi connectivity index (χ0) is 12.9. The average molecular weight is 229 g/mol. The molecule has 0 fully saturated rings. The van der Waals surface area contributed by atoms with Gasteiger partial charge in [0, 0.05) is 13.5 Å². The van der Waals surface area contributed by atoms with Gasteiger partial charge in [0.25, 0.3) is 0 Å². The molecule has 4 nitrogen and oxygen atoms in total. The molecule has 0 heterocycles. The third-order valence-corrected chi connectivity index (χ3v) is 2.39. The molecule has 0 bridgehead atoms. The van der Waals surface area contributed by atoms with Gasteiger partial charge in [0.2, 0.25) is 5.91 Å². The Balaban J connectivity index is 4.26. The summed E-state index contributed by atoms with van der Waals surface area (Å²) < 4.78 is 0. The zero-order valence-electron chi connectivity index (χ0n) is 10.9. The maximum Gasteiger partial charge on any atom is 0.323 e. The van der Waals surface area contributed by atoms with Crippen LogP contribution in [0.3, 0.4) is 0 Å². The summed E-state index contributed by atoms with van der Waals surface area (Å²) >= 11 is 0. The van der Waals surface area contributed by atoms with Crippen molar-refractivity contribution in [1.82, 2.24) is 4.90 Å². The number of carboxylic acids is 1. The molecule has 0 aliphatic rings. The van der Waals surface area contributed by atoms with E-state index in [0.717, 1.165) is 6.42 Å². The van der Waals surface area contributed by atoms with Crippen LogP contribution in [0, 0.1) is 11.3 Å². The highest BCUT2D eigenvalue weighted by Crippen LogP contribution is 2.29.